The van der Waals surface area contributed by atoms with Crippen LogP contribution in [0.25, 0.3) is 0 Å². The van der Waals surface area contributed by atoms with Crippen LogP contribution in [0.5, 0.6) is 0 Å². The van der Waals surface area contributed by atoms with Crippen LogP contribution in [0.1, 0.15) is 62.8 Å². The molecule has 0 radical (unpaired) electrons. The maximum absolute atomic E-state index is 13.0. The number of rotatable bonds is 8. The first-order chi connectivity index (χ1) is 14.2. The maximum atomic E-state index is 13.0. The van der Waals surface area contributed by atoms with Gasteiger partial charge in [0.1, 0.15) is 12.1 Å². The summed E-state index contributed by atoms with van der Waals surface area (Å²) in [5.41, 5.74) is 3.32. The number of anilines is 1. The lowest BCUT2D eigenvalue weighted by Crippen LogP contribution is -2.43. The van der Waals surface area contributed by atoms with Gasteiger partial charge in [-0.3, -0.25) is 4.79 Å². The fraction of sp³-hybridized carbons (Fsp3) is 0.522. The number of nitrogens with one attached hydrogen (secondary N) is 3. The van der Waals surface area contributed by atoms with Gasteiger partial charge in [-0.25, -0.2) is 9.97 Å². The van der Waals surface area contributed by atoms with Crippen molar-refractivity contribution >= 4 is 27.7 Å². The van der Waals surface area contributed by atoms with Gasteiger partial charge in [0.15, 0.2) is 0 Å². The Labute approximate surface area is 187 Å². The van der Waals surface area contributed by atoms with Crippen LogP contribution in [0.15, 0.2) is 35.1 Å². The molecule has 0 aliphatic heterocycles. The van der Waals surface area contributed by atoms with E-state index in [4.69, 9.17) is 0 Å². The van der Waals surface area contributed by atoms with Gasteiger partial charge >= 0.3 is 0 Å². The quantitative estimate of drug-likeness (QED) is 0.505. The van der Waals surface area contributed by atoms with Crippen LogP contribution in [0.3, 0.4) is 0 Å². The number of carbonyl (C=O) groups is 1. The molecular formula is C23H32BrN5O. The number of hydrogen-bond acceptors (Lipinski definition) is 5. The molecule has 0 spiro atoms. The number of hydrogen-bond donors (Lipinski definition) is 3. The normalized spacial score (nSPS) is 16.8. The van der Waals surface area contributed by atoms with Crippen LogP contribution in [-0.4, -0.2) is 41.0 Å². The zero-order chi connectivity index (χ0) is 21.7. The third-order valence-electron chi connectivity index (χ3n) is 5.42. The lowest BCUT2D eigenvalue weighted by molar-refractivity contribution is -0.122. The molecule has 2 atom stereocenters. The Kier molecular flexibility index (Phi) is 7.47. The van der Waals surface area contributed by atoms with Gasteiger partial charge < -0.3 is 16.0 Å². The summed E-state index contributed by atoms with van der Waals surface area (Å²) in [7, 11) is 0. The van der Waals surface area contributed by atoms with Crippen LogP contribution < -0.4 is 16.0 Å². The van der Waals surface area contributed by atoms with E-state index in [2.05, 4.69) is 69.5 Å². The number of benzene rings is 1. The number of fused-ring (bicyclic) bond motifs is 1. The van der Waals surface area contributed by atoms with Crippen molar-refractivity contribution in [1.29, 1.82) is 0 Å². The second-order valence-corrected chi connectivity index (χ2v) is 9.89. The zero-order valence-corrected chi connectivity index (χ0v) is 19.8. The molecule has 0 fully saturated rings. The van der Waals surface area contributed by atoms with Gasteiger partial charge in [-0.05, 0) is 57.2 Å². The summed E-state index contributed by atoms with van der Waals surface area (Å²) in [5.74, 6) is 1.15. The molecule has 1 heterocycles. The van der Waals surface area contributed by atoms with Crippen LogP contribution in [0, 0.1) is 0 Å². The first kappa shape index (κ1) is 22.7. The minimum atomic E-state index is -0.249. The molecule has 1 aliphatic carbocycles. The van der Waals surface area contributed by atoms with Crippen molar-refractivity contribution in [3.63, 3.8) is 0 Å². The van der Waals surface area contributed by atoms with Gasteiger partial charge in [-0.1, -0.05) is 35.0 Å². The van der Waals surface area contributed by atoms with Gasteiger partial charge in [0.2, 0.25) is 5.91 Å². The molecule has 0 saturated heterocycles. The van der Waals surface area contributed by atoms with E-state index in [1.807, 2.05) is 24.3 Å². The summed E-state index contributed by atoms with van der Waals surface area (Å²) in [4.78, 5) is 21.8. The van der Waals surface area contributed by atoms with Crippen molar-refractivity contribution in [1.82, 2.24) is 20.6 Å². The summed E-state index contributed by atoms with van der Waals surface area (Å²) in [6.45, 7) is 10.3. The van der Waals surface area contributed by atoms with Crippen molar-refractivity contribution in [2.45, 2.75) is 57.9 Å². The van der Waals surface area contributed by atoms with E-state index in [-0.39, 0.29) is 17.4 Å². The van der Waals surface area contributed by atoms with E-state index in [1.54, 1.807) is 6.33 Å². The Morgan fingerprint density at radius 3 is 2.63 bits per heavy atom. The smallest absolute Gasteiger partial charge is 0.228 e. The molecular weight excluding hydrogens is 442 g/mol. The summed E-state index contributed by atoms with van der Waals surface area (Å²) in [6.07, 6.45) is 3.76. The fourth-order valence-electron chi connectivity index (χ4n) is 3.74. The Bertz CT molecular complexity index is 863. The lowest BCUT2D eigenvalue weighted by Gasteiger charge is -2.25. The predicted octanol–water partition coefficient (Wildman–Crippen LogP) is 3.99. The second kappa shape index (κ2) is 9.88. The molecule has 162 valence electrons. The predicted molar refractivity (Wildman–Crippen MR) is 125 cm³/mol. The SMILES string of the molecule is C[C@@H]1CCc2ncnc(NCCNC(=O)[C@H](CNC(C)(C)C)c3ccc(Br)cc3)c21. The Balaban J connectivity index is 1.58. The topological polar surface area (TPSA) is 78.9 Å². The largest absolute Gasteiger partial charge is 0.368 e. The summed E-state index contributed by atoms with van der Waals surface area (Å²) in [5, 5.41) is 9.93. The van der Waals surface area contributed by atoms with E-state index < -0.39 is 0 Å². The van der Waals surface area contributed by atoms with Crippen molar-refractivity contribution in [2.75, 3.05) is 25.0 Å². The molecule has 6 nitrogen and oxygen atoms in total. The number of nitrogens with zero attached hydrogens (tertiary/aromatic N) is 2. The second-order valence-electron chi connectivity index (χ2n) is 8.98. The maximum Gasteiger partial charge on any atom is 0.228 e. The average Bonchev–Trinajstić information content (AvgIpc) is 3.08. The monoisotopic (exact) mass is 473 g/mol. The minimum absolute atomic E-state index is 0.0251. The van der Waals surface area contributed by atoms with E-state index in [9.17, 15) is 4.79 Å². The molecule has 1 aliphatic rings. The van der Waals surface area contributed by atoms with E-state index >= 15 is 0 Å². The summed E-state index contributed by atoms with van der Waals surface area (Å²) < 4.78 is 1.00. The van der Waals surface area contributed by atoms with Crippen LogP contribution >= 0.6 is 15.9 Å². The van der Waals surface area contributed by atoms with Gasteiger partial charge in [-0.15, -0.1) is 0 Å². The zero-order valence-electron chi connectivity index (χ0n) is 18.3. The van der Waals surface area contributed by atoms with Gasteiger partial charge in [0.25, 0.3) is 0 Å². The average molecular weight is 474 g/mol. The van der Waals surface area contributed by atoms with Crippen molar-refractivity contribution in [3.05, 3.63) is 51.9 Å². The lowest BCUT2D eigenvalue weighted by atomic mass is 9.96. The first-order valence-electron chi connectivity index (χ1n) is 10.6. The van der Waals surface area contributed by atoms with Crippen LogP contribution in [0.2, 0.25) is 0 Å². The number of halogens is 1. The number of carbonyl (C=O) groups excluding carboxylic acids is 1. The molecule has 3 N–H and O–H groups in total. The highest BCUT2D eigenvalue weighted by molar-refractivity contribution is 9.10. The van der Waals surface area contributed by atoms with Gasteiger partial charge in [0.05, 0.1) is 5.92 Å². The van der Waals surface area contributed by atoms with Crippen molar-refractivity contribution in [3.8, 4) is 0 Å². The van der Waals surface area contributed by atoms with Crippen molar-refractivity contribution < 1.29 is 4.79 Å². The third-order valence-corrected chi connectivity index (χ3v) is 5.94. The van der Waals surface area contributed by atoms with Crippen molar-refractivity contribution in [2.24, 2.45) is 0 Å². The molecule has 3 rings (SSSR count). The molecule has 0 saturated carbocycles. The summed E-state index contributed by atoms with van der Waals surface area (Å²) in [6, 6.07) is 7.96. The summed E-state index contributed by atoms with van der Waals surface area (Å²) >= 11 is 3.47. The first-order valence-corrected chi connectivity index (χ1v) is 11.4. The van der Waals surface area contributed by atoms with E-state index in [1.165, 1.54) is 5.56 Å². The van der Waals surface area contributed by atoms with Gasteiger partial charge in [-0.2, -0.15) is 0 Å². The van der Waals surface area contributed by atoms with Crippen LogP contribution in [0.4, 0.5) is 5.82 Å². The highest BCUT2D eigenvalue weighted by atomic mass is 79.9. The Morgan fingerprint density at radius 1 is 1.20 bits per heavy atom. The molecule has 1 aromatic carbocycles. The molecule has 30 heavy (non-hydrogen) atoms. The molecule has 2 aromatic rings. The molecule has 0 unspecified atom stereocenters. The number of amides is 1. The molecule has 1 amide bonds. The van der Waals surface area contributed by atoms with E-state index in [0.29, 0.717) is 25.6 Å². The molecule has 0 bridgehead atoms. The number of aryl methyl sites for hydroxylation is 1. The van der Waals surface area contributed by atoms with Gasteiger partial charge in [0, 0.05) is 40.9 Å². The Hall–Kier alpha value is -1.99. The fourth-order valence-corrected chi connectivity index (χ4v) is 4.01. The standard InChI is InChI=1S/C23H32BrN5O/c1-15-5-10-19-20(15)21(28-14-27-19)25-11-12-26-22(30)18(13-29-23(2,3)4)16-6-8-17(24)9-7-16/h6-9,14-15,18,29H,5,10-13H2,1-4H3,(H,26,30)(H,25,27,28)/t15-,18-/m1/s1. The van der Waals surface area contributed by atoms with Crippen LogP contribution in [-0.2, 0) is 11.2 Å². The van der Waals surface area contributed by atoms with E-state index in [0.717, 1.165) is 34.4 Å². The minimum Gasteiger partial charge on any atom is -0.368 e. The Morgan fingerprint density at radius 2 is 1.93 bits per heavy atom. The molecule has 1 aromatic heterocycles. The highest BCUT2D eigenvalue weighted by Crippen LogP contribution is 2.35. The third kappa shape index (κ3) is 6.01. The molecule has 7 heteroatoms. The number of aromatic nitrogens is 2. The highest BCUT2D eigenvalue weighted by Gasteiger charge is 2.25.